The summed E-state index contributed by atoms with van der Waals surface area (Å²) in [5.41, 5.74) is 5.76. The third-order valence-corrected chi connectivity index (χ3v) is 3.22. The molecule has 0 aliphatic carbocycles. The number of carbonyl (C=O) groups excluding carboxylic acids is 2. The van der Waals surface area contributed by atoms with Crippen LogP contribution in [0, 0.1) is 0 Å². The molecule has 1 aromatic heterocycles. The largest absolute Gasteiger partial charge is 0.354 e. The van der Waals surface area contributed by atoms with Gasteiger partial charge >= 0.3 is 0 Å². The molecule has 0 spiro atoms. The molecule has 1 rings (SSSR count). The van der Waals surface area contributed by atoms with Crippen LogP contribution in [-0.2, 0) is 9.59 Å². The number of carbonyl (C=O) groups is 2. The van der Waals surface area contributed by atoms with Gasteiger partial charge < -0.3 is 16.0 Å². The molecule has 0 bridgehead atoms. The summed E-state index contributed by atoms with van der Waals surface area (Å²) in [4.78, 5) is 25.2. The number of rotatable bonds is 5. The van der Waals surface area contributed by atoms with Crippen LogP contribution in [0.4, 0.5) is 0 Å². The molecule has 3 N–H and O–H groups in total. The van der Waals surface area contributed by atoms with Gasteiger partial charge in [0.1, 0.15) is 6.04 Å². The van der Waals surface area contributed by atoms with Gasteiger partial charge in [0.2, 0.25) is 11.8 Å². The van der Waals surface area contributed by atoms with Crippen LogP contribution >= 0.6 is 11.3 Å². The first kappa shape index (κ1) is 13.7. The van der Waals surface area contributed by atoms with Gasteiger partial charge in [0.05, 0.1) is 0 Å². The van der Waals surface area contributed by atoms with Crippen molar-refractivity contribution in [3.05, 3.63) is 22.4 Å². The first-order chi connectivity index (χ1) is 8.02. The van der Waals surface area contributed by atoms with Crippen LogP contribution in [0.3, 0.4) is 0 Å². The van der Waals surface area contributed by atoms with Crippen molar-refractivity contribution >= 4 is 23.2 Å². The van der Waals surface area contributed by atoms with Crippen molar-refractivity contribution in [2.24, 2.45) is 5.73 Å². The smallest absolute Gasteiger partial charge is 0.242 e. The number of amides is 2. The molecule has 0 aliphatic heterocycles. The molecule has 0 aliphatic rings. The van der Waals surface area contributed by atoms with Gasteiger partial charge in [0, 0.05) is 31.9 Å². The van der Waals surface area contributed by atoms with Crippen LogP contribution in [0.5, 0.6) is 0 Å². The summed E-state index contributed by atoms with van der Waals surface area (Å²) >= 11 is 1.44. The van der Waals surface area contributed by atoms with Crippen LogP contribution in [0.15, 0.2) is 17.5 Å². The highest BCUT2D eigenvalue weighted by atomic mass is 32.1. The minimum absolute atomic E-state index is 0.0185. The lowest BCUT2D eigenvalue weighted by Gasteiger charge is -2.12. The first-order valence-corrected chi connectivity index (χ1v) is 6.17. The van der Waals surface area contributed by atoms with E-state index in [0.29, 0.717) is 6.54 Å². The maximum absolute atomic E-state index is 11.6. The van der Waals surface area contributed by atoms with Crippen molar-refractivity contribution in [1.82, 2.24) is 10.2 Å². The summed E-state index contributed by atoms with van der Waals surface area (Å²) in [6.07, 6.45) is 0.288. The van der Waals surface area contributed by atoms with E-state index in [0.717, 1.165) is 4.88 Å². The Bertz CT molecular complexity index is 376. The number of nitrogens with one attached hydrogen (secondary N) is 1. The zero-order valence-electron chi connectivity index (χ0n) is 9.97. The number of hydrogen-bond donors (Lipinski definition) is 2. The van der Waals surface area contributed by atoms with Crippen LogP contribution in [0.25, 0.3) is 0 Å². The van der Waals surface area contributed by atoms with E-state index in [9.17, 15) is 9.59 Å². The molecule has 0 radical (unpaired) electrons. The Morgan fingerprint density at radius 3 is 2.76 bits per heavy atom. The fraction of sp³-hybridized carbons (Fsp3) is 0.455. The lowest BCUT2D eigenvalue weighted by Crippen LogP contribution is -2.36. The van der Waals surface area contributed by atoms with Crippen LogP contribution in [-0.4, -0.2) is 37.4 Å². The molecule has 1 unspecified atom stereocenters. The number of thiophene rings is 1. The average molecular weight is 255 g/mol. The molecular formula is C11H17N3O2S. The van der Waals surface area contributed by atoms with Crippen LogP contribution in [0.1, 0.15) is 17.3 Å². The van der Waals surface area contributed by atoms with E-state index in [-0.39, 0.29) is 18.2 Å². The second kappa shape index (κ2) is 6.36. The van der Waals surface area contributed by atoms with Crippen molar-refractivity contribution in [2.45, 2.75) is 12.5 Å². The molecule has 0 saturated heterocycles. The highest BCUT2D eigenvalue weighted by Gasteiger charge is 2.16. The molecular weight excluding hydrogens is 238 g/mol. The monoisotopic (exact) mass is 255 g/mol. The summed E-state index contributed by atoms with van der Waals surface area (Å²) in [7, 11) is 3.36. The Labute approximate surface area is 105 Å². The second-order valence-electron chi connectivity index (χ2n) is 3.82. The normalized spacial score (nSPS) is 11.9. The van der Waals surface area contributed by atoms with E-state index < -0.39 is 6.04 Å². The predicted molar refractivity (Wildman–Crippen MR) is 67.6 cm³/mol. The summed E-state index contributed by atoms with van der Waals surface area (Å²) in [5.74, 6) is -0.269. The van der Waals surface area contributed by atoms with E-state index >= 15 is 0 Å². The zero-order chi connectivity index (χ0) is 12.8. The van der Waals surface area contributed by atoms with E-state index in [1.807, 2.05) is 17.5 Å². The van der Waals surface area contributed by atoms with Gasteiger partial charge in [-0.25, -0.2) is 0 Å². The van der Waals surface area contributed by atoms with Gasteiger partial charge in [-0.05, 0) is 11.4 Å². The van der Waals surface area contributed by atoms with E-state index in [4.69, 9.17) is 5.73 Å². The summed E-state index contributed by atoms with van der Waals surface area (Å²) in [6, 6.07) is 3.02. The fourth-order valence-electron chi connectivity index (χ4n) is 1.22. The Balaban J connectivity index is 2.33. The minimum atomic E-state index is -0.649. The van der Waals surface area contributed by atoms with Gasteiger partial charge in [0.25, 0.3) is 0 Å². The van der Waals surface area contributed by atoms with Crippen molar-refractivity contribution in [2.75, 3.05) is 20.6 Å². The van der Waals surface area contributed by atoms with Gasteiger partial charge in [0.15, 0.2) is 0 Å². The summed E-state index contributed by atoms with van der Waals surface area (Å²) in [6.45, 7) is 0.314. The summed E-state index contributed by atoms with van der Waals surface area (Å²) < 4.78 is 0. The molecule has 0 aromatic carbocycles. The van der Waals surface area contributed by atoms with E-state index in [1.54, 1.807) is 14.1 Å². The highest BCUT2D eigenvalue weighted by Crippen LogP contribution is 2.16. The highest BCUT2D eigenvalue weighted by molar-refractivity contribution is 7.10. The maximum Gasteiger partial charge on any atom is 0.242 e. The van der Waals surface area contributed by atoms with Crippen molar-refractivity contribution in [3.63, 3.8) is 0 Å². The fourth-order valence-corrected chi connectivity index (χ4v) is 1.95. The average Bonchev–Trinajstić information content (AvgIpc) is 2.80. The third kappa shape index (κ3) is 4.16. The Morgan fingerprint density at radius 1 is 1.53 bits per heavy atom. The number of nitrogens with two attached hydrogens (primary N) is 1. The standard InChI is InChI=1S/C11H17N3O2S/c1-14(2)9(15)5-6-13-11(16)10(12)8-4-3-7-17-8/h3-4,7,10H,5-6,12H2,1-2H3,(H,13,16). The topological polar surface area (TPSA) is 75.4 Å². The van der Waals surface area contributed by atoms with Crippen molar-refractivity contribution < 1.29 is 9.59 Å². The van der Waals surface area contributed by atoms with Gasteiger partial charge in [-0.3, -0.25) is 9.59 Å². The lowest BCUT2D eigenvalue weighted by atomic mass is 10.2. The molecule has 0 saturated carbocycles. The second-order valence-corrected chi connectivity index (χ2v) is 4.80. The quantitative estimate of drug-likeness (QED) is 0.797. The molecule has 6 heteroatoms. The van der Waals surface area contributed by atoms with E-state index in [2.05, 4.69) is 5.32 Å². The van der Waals surface area contributed by atoms with Crippen molar-refractivity contribution in [3.8, 4) is 0 Å². The van der Waals surface area contributed by atoms with Gasteiger partial charge in [-0.1, -0.05) is 6.07 Å². The molecule has 0 fully saturated rings. The zero-order valence-corrected chi connectivity index (χ0v) is 10.8. The Hall–Kier alpha value is -1.40. The molecule has 2 amide bonds. The SMILES string of the molecule is CN(C)C(=O)CCNC(=O)C(N)c1cccs1. The number of nitrogens with zero attached hydrogens (tertiary/aromatic N) is 1. The molecule has 17 heavy (non-hydrogen) atoms. The first-order valence-electron chi connectivity index (χ1n) is 5.29. The molecule has 1 aromatic rings. The third-order valence-electron chi connectivity index (χ3n) is 2.27. The van der Waals surface area contributed by atoms with Crippen LogP contribution < -0.4 is 11.1 Å². The van der Waals surface area contributed by atoms with Crippen LogP contribution in [0.2, 0.25) is 0 Å². The number of hydrogen-bond acceptors (Lipinski definition) is 4. The van der Waals surface area contributed by atoms with Gasteiger partial charge in [-0.15, -0.1) is 11.3 Å². The molecule has 1 atom stereocenters. The van der Waals surface area contributed by atoms with Crippen molar-refractivity contribution in [1.29, 1.82) is 0 Å². The van der Waals surface area contributed by atoms with Gasteiger partial charge in [-0.2, -0.15) is 0 Å². The maximum atomic E-state index is 11.6. The Morgan fingerprint density at radius 2 is 2.24 bits per heavy atom. The molecule has 5 nitrogen and oxygen atoms in total. The molecule has 1 heterocycles. The predicted octanol–water partition coefficient (Wildman–Crippen LogP) is 0.342. The Kier molecular flexibility index (Phi) is 5.11. The minimum Gasteiger partial charge on any atom is -0.354 e. The van der Waals surface area contributed by atoms with E-state index in [1.165, 1.54) is 16.2 Å². The molecule has 94 valence electrons. The summed E-state index contributed by atoms with van der Waals surface area (Å²) in [5, 5.41) is 4.52. The lowest BCUT2D eigenvalue weighted by molar-refractivity contribution is -0.128.